The normalized spacial score (nSPS) is 16.5. The number of rotatable bonds is 4. The van der Waals surface area contributed by atoms with E-state index in [0.717, 1.165) is 5.82 Å². The molecule has 12 heteroatoms. The fraction of sp³-hybridized carbons (Fsp3) is 0.389. The number of hydrogen-bond acceptors (Lipinski definition) is 8. The van der Waals surface area contributed by atoms with Crippen molar-refractivity contribution in [3.63, 3.8) is 0 Å². The van der Waals surface area contributed by atoms with Crippen molar-refractivity contribution in [2.45, 2.75) is 37.5 Å². The quantitative estimate of drug-likeness (QED) is 0.479. The van der Waals surface area contributed by atoms with Gasteiger partial charge in [-0.25, -0.2) is 13.1 Å². The van der Waals surface area contributed by atoms with E-state index in [4.69, 9.17) is 4.52 Å². The molecular formula is C18H20N8O3S. The molecular weight excluding hydrogens is 408 g/mol. The molecule has 1 fully saturated rings. The molecule has 11 nitrogen and oxygen atoms in total. The summed E-state index contributed by atoms with van der Waals surface area (Å²) in [5.74, 6) is 1.75. The van der Waals surface area contributed by atoms with Crippen molar-refractivity contribution < 1.29 is 12.9 Å². The number of aryl methyl sites for hydroxylation is 2. The molecule has 0 N–H and O–H groups in total. The molecule has 0 amide bonds. The van der Waals surface area contributed by atoms with Gasteiger partial charge in [0.1, 0.15) is 10.6 Å². The van der Waals surface area contributed by atoms with Crippen LogP contribution in [0.15, 0.2) is 40.0 Å². The Bertz CT molecular complexity index is 1280. The lowest BCUT2D eigenvalue weighted by atomic mass is 9.97. The summed E-state index contributed by atoms with van der Waals surface area (Å²) >= 11 is 0. The van der Waals surface area contributed by atoms with E-state index in [0.29, 0.717) is 48.9 Å². The largest absolute Gasteiger partial charge is 0.360 e. The topological polar surface area (TPSA) is 124 Å². The SMILES string of the molecule is Cc1noc(C)c1S(=O)(=O)N1CCC(c2nnc3ccc(-n4cccn4)nn23)CC1. The number of piperidine rings is 1. The number of sulfonamides is 1. The highest BCUT2D eigenvalue weighted by molar-refractivity contribution is 7.89. The summed E-state index contributed by atoms with van der Waals surface area (Å²) in [6.07, 6.45) is 4.75. The van der Waals surface area contributed by atoms with E-state index in [-0.39, 0.29) is 10.8 Å². The Labute approximate surface area is 172 Å². The second kappa shape index (κ2) is 6.99. The molecule has 1 aliphatic heterocycles. The van der Waals surface area contributed by atoms with Crippen molar-refractivity contribution in [1.29, 1.82) is 0 Å². The predicted molar refractivity (Wildman–Crippen MR) is 105 cm³/mol. The molecule has 0 aliphatic carbocycles. The fourth-order valence-electron chi connectivity index (χ4n) is 3.90. The standard InChI is InChI=1S/C18H20N8O3S/c1-12-17(13(2)29-23-12)30(27,28)24-10-6-14(7-11-24)18-21-20-15-4-5-16(22-26(15)18)25-9-3-8-19-25/h3-5,8-9,14H,6-7,10-11H2,1-2H3. The highest BCUT2D eigenvalue weighted by atomic mass is 32.2. The van der Waals surface area contributed by atoms with Gasteiger partial charge in [0.25, 0.3) is 0 Å². The first-order chi connectivity index (χ1) is 14.4. The molecule has 30 heavy (non-hydrogen) atoms. The molecule has 5 rings (SSSR count). The van der Waals surface area contributed by atoms with Gasteiger partial charge in [0.05, 0.1) is 0 Å². The van der Waals surface area contributed by atoms with Crippen molar-refractivity contribution in [2.75, 3.05) is 13.1 Å². The van der Waals surface area contributed by atoms with Gasteiger partial charge in [0.2, 0.25) is 10.0 Å². The molecule has 0 aromatic carbocycles. The van der Waals surface area contributed by atoms with Gasteiger partial charge in [-0.1, -0.05) is 5.16 Å². The Morgan fingerprint density at radius 2 is 1.93 bits per heavy atom. The van der Waals surface area contributed by atoms with Crippen LogP contribution in [0.2, 0.25) is 0 Å². The predicted octanol–water partition coefficient (Wildman–Crippen LogP) is 1.48. The molecule has 0 bridgehead atoms. The second-order valence-electron chi connectivity index (χ2n) is 7.30. The zero-order valence-electron chi connectivity index (χ0n) is 16.5. The van der Waals surface area contributed by atoms with Crippen molar-refractivity contribution in [2.24, 2.45) is 0 Å². The molecule has 0 atom stereocenters. The minimum Gasteiger partial charge on any atom is -0.360 e. The summed E-state index contributed by atoms with van der Waals surface area (Å²) in [5, 5.41) is 21.2. The van der Waals surface area contributed by atoms with Crippen LogP contribution in [-0.2, 0) is 10.0 Å². The average molecular weight is 428 g/mol. The molecule has 156 valence electrons. The first kappa shape index (κ1) is 18.9. The minimum absolute atomic E-state index is 0.0523. The van der Waals surface area contributed by atoms with Crippen LogP contribution in [0.4, 0.5) is 0 Å². The van der Waals surface area contributed by atoms with Gasteiger partial charge in [0, 0.05) is 31.4 Å². The molecule has 5 heterocycles. The van der Waals surface area contributed by atoms with Crippen LogP contribution in [-0.4, -0.2) is 60.6 Å². The number of nitrogens with zero attached hydrogens (tertiary/aromatic N) is 8. The maximum absolute atomic E-state index is 13.0. The molecule has 0 radical (unpaired) electrons. The molecule has 0 saturated carbocycles. The first-order valence-electron chi connectivity index (χ1n) is 9.60. The van der Waals surface area contributed by atoms with Crippen LogP contribution in [0, 0.1) is 13.8 Å². The smallest absolute Gasteiger partial charge is 0.248 e. The number of hydrogen-bond donors (Lipinski definition) is 0. The zero-order valence-corrected chi connectivity index (χ0v) is 17.3. The first-order valence-corrected chi connectivity index (χ1v) is 11.0. The lowest BCUT2D eigenvalue weighted by molar-refractivity contribution is 0.310. The summed E-state index contributed by atoms with van der Waals surface area (Å²) in [6, 6.07) is 5.51. The van der Waals surface area contributed by atoms with Crippen LogP contribution in [0.3, 0.4) is 0 Å². The summed E-state index contributed by atoms with van der Waals surface area (Å²) in [5.41, 5.74) is 1.03. The van der Waals surface area contributed by atoms with E-state index < -0.39 is 10.0 Å². The third-order valence-corrected chi connectivity index (χ3v) is 7.54. The third-order valence-electron chi connectivity index (χ3n) is 5.40. The van der Waals surface area contributed by atoms with Crippen LogP contribution < -0.4 is 0 Å². The molecule has 0 unspecified atom stereocenters. The highest BCUT2D eigenvalue weighted by Gasteiger charge is 2.35. The van der Waals surface area contributed by atoms with E-state index >= 15 is 0 Å². The summed E-state index contributed by atoms with van der Waals surface area (Å²) in [6.45, 7) is 4.02. The molecule has 1 saturated heterocycles. The van der Waals surface area contributed by atoms with Gasteiger partial charge in [0.15, 0.2) is 23.0 Å². The van der Waals surface area contributed by atoms with Crippen molar-refractivity contribution in [3.8, 4) is 5.82 Å². The zero-order chi connectivity index (χ0) is 20.9. The Morgan fingerprint density at radius 3 is 2.60 bits per heavy atom. The van der Waals surface area contributed by atoms with Crippen molar-refractivity contribution >= 4 is 15.7 Å². The Balaban J connectivity index is 1.39. The van der Waals surface area contributed by atoms with Crippen LogP contribution in [0.25, 0.3) is 11.5 Å². The van der Waals surface area contributed by atoms with Crippen molar-refractivity contribution in [3.05, 3.63) is 47.9 Å². The Hall–Kier alpha value is -3.12. The summed E-state index contributed by atoms with van der Waals surface area (Å²) in [4.78, 5) is 0.166. The second-order valence-corrected chi connectivity index (χ2v) is 9.18. The molecule has 1 aliphatic rings. The van der Waals surface area contributed by atoms with E-state index in [1.54, 1.807) is 29.2 Å². The maximum atomic E-state index is 13.0. The minimum atomic E-state index is -3.64. The lowest BCUT2D eigenvalue weighted by Crippen LogP contribution is -2.38. The number of fused-ring (bicyclic) bond motifs is 1. The van der Waals surface area contributed by atoms with Crippen LogP contribution in [0.1, 0.15) is 36.0 Å². The third kappa shape index (κ3) is 2.99. The van der Waals surface area contributed by atoms with E-state index in [1.165, 1.54) is 4.31 Å². The van der Waals surface area contributed by atoms with Crippen LogP contribution in [0.5, 0.6) is 0 Å². The van der Waals surface area contributed by atoms with E-state index in [1.807, 2.05) is 24.4 Å². The summed E-state index contributed by atoms with van der Waals surface area (Å²) < 4.78 is 36.0. The van der Waals surface area contributed by atoms with Gasteiger partial charge in [-0.2, -0.15) is 13.9 Å². The van der Waals surface area contributed by atoms with E-state index in [2.05, 4.69) is 25.6 Å². The molecule has 4 aromatic rings. The monoisotopic (exact) mass is 428 g/mol. The lowest BCUT2D eigenvalue weighted by Gasteiger charge is -2.30. The van der Waals surface area contributed by atoms with Gasteiger partial charge in [-0.3, -0.25) is 0 Å². The van der Waals surface area contributed by atoms with Gasteiger partial charge >= 0.3 is 0 Å². The Morgan fingerprint density at radius 1 is 1.13 bits per heavy atom. The maximum Gasteiger partial charge on any atom is 0.248 e. The number of aromatic nitrogens is 7. The van der Waals surface area contributed by atoms with Crippen molar-refractivity contribution in [1.82, 2.24) is 39.1 Å². The highest BCUT2D eigenvalue weighted by Crippen LogP contribution is 2.31. The fourth-order valence-corrected chi connectivity index (χ4v) is 5.66. The Kier molecular flexibility index (Phi) is 4.40. The average Bonchev–Trinajstić information content (AvgIpc) is 3.48. The van der Waals surface area contributed by atoms with E-state index in [9.17, 15) is 8.42 Å². The van der Waals surface area contributed by atoms with Gasteiger partial charge in [-0.15, -0.1) is 15.3 Å². The summed E-state index contributed by atoms with van der Waals surface area (Å²) in [7, 11) is -3.64. The molecule has 0 spiro atoms. The van der Waals surface area contributed by atoms with Gasteiger partial charge < -0.3 is 4.52 Å². The molecule has 4 aromatic heterocycles. The van der Waals surface area contributed by atoms with Gasteiger partial charge in [-0.05, 0) is 44.9 Å². The van der Waals surface area contributed by atoms with Crippen LogP contribution >= 0.6 is 0 Å².